The lowest BCUT2D eigenvalue weighted by atomic mass is 10.1. The van der Waals surface area contributed by atoms with Crippen LogP contribution in [0.1, 0.15) is 16.1 Å². The number of nitrogens with zero attached hydrogens (tertiary/aromatic N) is 1. The molecule has 0 aliphatic rings. The van der Waals surface area contributed by atoms with E-state index in [2.05, 4.69) is 5.32 Å². The molecule has 3 rings (SSSR count). The zero-order valence-electron chi connectivity index (χ0n) is 16.2. The molecule has 0 fully saturated rings. The van der Waals surface area contributed by atoms with Crippen LogP contribution in [-0.2, 0) is 4.74 Å². The molecular formula is C22H23FN2O3. The van der Waals surface area contributed by atoms with Crippen molar-refractivity contribution in [1.82, 2.24) is 9.88 Å². The van der Waals surface area contributed by atoms with Crippen LogP contribution in [0.15, 0.2) is 54.6 Å². The number of halogens is 1. The molecule has 1 heterocycles. The first kappa shape index (κ1) is 19.6. The number of nitrogens with one attached hydrogen (secondary N) is 1. The molecule has 28 heavy (non-hydrogen) atoms. The summed E-state index contributed by atoms with van der Waals surface area (Å²) in [6.07, 6.45) is 0. The average Bonchev–Trinajstić information content (AvgIpc) is 3.06. The third kappa shape index (κ3) is 4.07. The zero-order valence-corrected chi connectivity index (χ0v) is 16.2. The Balaban J connectivity index is 2.11. The highest BCUT2D eigenvalue weighted by Crippen LogP contribution is 2.31. The molecule has 5 nitrogen and oxygen atoms in total. The summed E-state index contributed by atoms with van der Waals surface area (Å²) >= 11 is 0. The molecule has 146 valence electrons. The van der Waals surface area contributed by atoms with Gasteiger partial charge in [-0.05, 0) is 49.4 Å². The van der Waals surface area contributed by atoms with Gasteiger partial charge in [0.05, 0.1) is 25.0 Å². The molecule has 6 heteroatoms. The second kappa shape index (κ2) is 8.71. The molecule has 0 unspecified atom stereocenters. The predicted molar refractivity (Wildman–Crippen MR) is 107 cm³/mol. The van der Waals surface area contributed by atoms with Crippen LogP contribution in [-0.4, -0.2) is 37.8 Å². The summed E-state index contributed by atoms with van der Waals surface area (Å²) < 4.78 is 25.7. The fourth-order valence-electron chi connectivity index (χ4n) is 3.12. The van der Waals surface area contributed by atoms with E-state index in [4.69, 9.17) is 9.47 Å². The smallest absolute Gasteiger partial charge is 0.253 e. The second-order valence-electron chi connectivity index (χ2n) is 6.32. The number of rotatable bonds is 7. The first-order chi connectivity index (χ1) is 13.5. The first-order valence-electron chi connectivity index (χ1n) is 8.95. The molecule has 0 bridgehead atoms. The van der Waals surface area contributed by atoms with E-state index in [0.29, 0.717) is 24.5 Å². The number of ether oxygens (including phenoxy) is 2. The van der Waals surface area contributed by atoms with E-state index in [1.165, 1.54) is 12.1 Å². The van der Waals surface area contributed by atoms with Crippen LogP contribution >= 0.6 is 0 Å². The molecule has 1 amide bonds. The lowest BCUT2D eigenvalue weighted by Gasteiger charge is -2.13. The number of methoxy groups -OCH3 is 2. The molecule has 2 aromatic carbocycles. The van der Waals surface area contributed by atoms with Gasteiger partial charge in [0.1, 0.15) is 11.6 Å². The van der Waals surface area contributed by atoms with Gasteiger partial charge < -0.3 is 19.4 Å². The molecule has 0 saturated heterocycles. The predicted octanol–water partition coefficient (Wildman–Crippen LogP) is 3.98. The number of carbonyl (C=O) groups excluding carboxylic acids is 1. The molecule has 0 saturated carbocycles. The Morgan fingerprint density at radius 3 is 2.54 bits per heavy atom. The van der Waals surface area contributed by atoms with Crippen molar-refractivity contribution < 1.29 is 18.7 Å². The van der Waals surface area contributed by atoms with E-state index in [1.54, 1.807) is 26.4 Å². The molecule has 0 aliphatic carbocycles. The number of amides is 1. The summed E-state index contributed by atoms with van der Waals surface area (Å²) in [5, 5.41) is 2.85. The first-order valence-corrected chi connectivity index (χ1v) is 8.95. The molecule has 0 spiro atoms. The van der Waals surface area contributed by atoms with Crippen LogP contribution in [0.5, 0.6) is 5.75 Å². The Labute approximate surface area is 163 Å². The lowest BCUT2D eigenvalue weighted by Crippen LogP contribution is -2.27. The highest BCUT2D eigenvalue weighted by atomic mass is 19.1. The standard InChI is InChI=1S/C22H23FN2O3/c1-15-20(22(26)24-11-12-27-2)14-21(16-5-4-6-19(13-16)28-3)25(15)18-9-7-17(23)8-10-18/h4-10,13-14H,11-12H2,1-3H3,(H,24,26). The molecule has 0 atom stereocenters. The zero-order chi connectivity index (χ0) is 20.1. The van der Waals surface area contributed by atoms with Crippen molar-refractivity contribution in [3.05, 3.63) is 71.7 Å². The maximum atomic E-state index is 13.4. The van der Waals surface area contributed by atoms with Gasteiger partial charge in [-0.3, -0.25) is 4.79 Å². The number of hydrogen-bond acceptors (Lipinski definition) is 3. The highest BCUT2D eigenvalue weighted by Gasteiger charge is 2.19. The number of carbonyl (C=O) groups is 1. The van der Waals surface area contributed by atoms with Crippen LogP contribution in [0.4, 0.5) is 4.39 Å². The van der Waals surface area contributed by atoms with Gasteiger partial charge in [-0.25, -0.2) is 4.39 Å². The van der Waals surface area contributed by atoms with E-state index in [0.717, 1.165) is 22.6 Å². The summed E-state index contributed by atoms with van der Waals surface area (Å²) in [6.45, 7) is 2.73. The van der Waals surface area contributed by atoms with Gasteiger partial charge in [-0.15, -0.1) is 0 Å². The van der Waals surface area contributed by atoms with Crippen molar-refractivity contribution in [3.8, 4) is 22.7 Å². The van der Waals surface area contributed by atoms with Gasteiger partial charge in [-0.2, -0.15) is 0 Å². The van der Waals surface area contributed by atoms with E-state index in [1.807, 2.05) is 41.8 Å². The summed E-state index contributed by atoms with van der Waals surface area (Å²) in [5.41, 5.74) is 3.80. The quantitative estimate of drug-likeness (QED) is 0.629. The molecule has 0 aliphatic heterocycles. The van der Waals surface area contributed by atoms with E-state index in [-0.39, 0.29) is 11.7 Å². The van der Waals surface area contributed by atoms with E-state index >= 15 is 0 Å². The Kier molecular flexibility index (Phi) is 6.11. The highest BCUT2D eigenvalue weighted by molar-refractivity contribution is 5.97. The molecule has 1 aromatic heterocycles. The van der Waals surface area contributed by atoms with Gasteiger partial charge in [0, 0.05) is 30.6 Å². The average molecular weight is 382 g/mol. The number of aromatic nitrogens is 1. The minimum absolute atomic E-state index is 0.181. The summed E-state index contributed by atoms with van der Waals surface area (Å²) in [4.78, 5) is 12.7. The fourth-order valence-corrected chi connectivity index (χ4v) is 3.12. The minimum atomic E-state index is -0.311. The van der Waals surface area contributed by atoms with Gasteiger partial charge in [0.2, 0.25) is 0 Å². The van der Waals surface area contributed by atoms with Crippen molar-refractivity contribution in [2.75, 3.05) is 27.4 Å². The molecule has 1 N–H and O–H groups in total. The Morgan fingerprint density at radius 2 is 1.86 bits per heavy atom. The van der Waals surface area contributed by atoms with Crippen LogP contribution < -0.4 is 10.1 Å². The third-order valence-electron chi connectivity index (χ3n) is 4.53. The summed E-state index contributed by atoms with van der Waals surface area (Å²) in [5.74, 6) is 0.224. The molecule has 0 radical (unpaired) electrons. The van der Waals surface area contributed by atoms with Crippen molar-refractivity contribution in [1.29, 1.82) is 0 Å². The lowest BCUT2D eigenvalue weighted by molar-refractivity contribution is 0.0936. The van der Waals surface area contributed by atoms with Gasteiger partial charge in [0.25, 0.3) is 5.91 Å². The van der Waals surface area contributed by atoms with Crippen molar-refractivity contribution in [2.45, 2.75) is 6.92 Å². The topological polar surface area (TPSA) is 52.5 Å². The van der Waals surface area contributed by atoms with Crippen LogP contribution in [0.2, 0.25) is 0 Å². The van der Waals surface area contributed by atoms with E-state index in [9.17, 15) is 9.18 Å². The minimum Gasteiger partial charge on any atom is -0.497 e. The Bertz CT molecular complexity index is 964. The number of hydrogen-bond donors (Lipinski definition) is 1. The Hall–Kier alpha value is -3.12. The van der Waals surface area contributed by atoms with Gasteiger partial charge in [0.15, 0.2) is 0 Å². The largest absolute Gasteiger partial charge is 0.497 e. The van der Waals surface area contributed by atoms with E-state index < -0.39 is 0 Å². The third-order valence-corrected chi connectivity index (χ3v) is 4.53. The summed E-state index contributed by atoms with van der Waals surface area (Å²) in [6, 6.07) is 15.6. The van der Waals surface area contributed by atoms with Gasteiger partial charge in [-0.1, -0.05) is 12.1 Å². The van der Waals surface area contributed by atoms with Crippen molar-refractivity contribution in [3.63, 3.8) is 0 Å². The van der Waals surface area contributed by atoms with Crippen molar-refractivity contribution >= 4 is 5.91 Å². The Morgan fingerprint density at radius 1 is 1.11 bits per heavy atom. The van der Waals surface area contributed by atoms with Crippen LogP contribution in [0.3, 0.4) is 0 Å². The molecular weight excluding hydrogens is 359 g/mol. The normalized spacial score (nSPS) is 10.7. The fraction of sp³-hybridized carbons (Fsp3) is 0.227. The second-order valence-corrected chi connectivity index (χ2v) is 6.32. The maximum Gasteiger partial charge on any atom is 0.253 e. The SMILES string of the molecule is COCCNC(=O)c1cc(-c2cccc(OC)c2)n(-c2ccc(F)cc2)c1C. The van der Waals surface area contributed by atoms with Crippen LogP contribution in [0, 0.1) is 12.7 Å². The summed E-state index contributed by atoms with van der Waals surface area (Å²) in [7, 11) is 3.20. The molecule has 3 aromatic rings. The van der Waals surface area contributed by atoms with Crippen LogP contribution in [0.25, 0.3) is 16.9 Å². The van der Waals surface area contributed by atoms with Crippen molar-refractivity contribution in [2.24, 2.45) is 0 Å². The monoisotopic (exact) mass is 382 g/mol. The maximum absolute atomic E-state index is 13.4. The van der Waals surface area contributed by atoms with Gasteiger partial charge >= 0.3 is 0 Å². The number of benzene rings is 2.